The third-order valence-corrected chi connectivity index (χ3v) is 4.59. The summed E-state index contributed by atoms with van der Waals surface area (Å²) in [5.74, 6) is 1.49. The lowest BCUT2D eigenvalue weighted by atomic mass is 10.1. The van der Waals surface area contributed by atoms with Gasteiger partial charge in [0.25, 0.3) is 5.91 Å². The Balaban J connectivity index is 1.75. The zero-order valence-electron chi connectivity index (χ0n) is 14.9. The summed E-state index contributed by atoms with van der Waals surface area (Å²) in [7, 11) is 3.33. The Hall–Kier alpha value is -2.25. The molecule has 1 N–H and O–H groups in total. The van der Waals surface area contributed by atoms with Gasteiger partial charge >= 0.3 is 0 Å². The van der Waals surface area contributed by atoms with E-state index in [4.69, 9.17) is 9.47 Å². The molecule has 7 heteroatoms. The van der Waals surface area contributed by atoms with E-state index in [0.29, 0.717) is 24.5 Å². The second kappa shape index (κ2) is 7.76. The SMILES string of the molecule is CCc1nc(-c2ccc(C(=O)N3C[C@@H](OC)C[C@H]3COC)cc2)n[nH]1. The molecule has 0 unspecified atom stereocenters. The summed E-state index contributed by atoms with van der Waals surface area (Å²) in [5, 5.41) is 7.11. The molecule has 1 aromatic heterocycles. The molecule has 0 spiro atoms. The van der Waals surface area contributed by atoms with Crippen LogP contribution in [0.25, 0.3) is 11.4 Å². The lowest BCUT2D eigenvalue weighted by molar-refractivity contribution is 0.0612. The van der Waals surface area contributed by atoms with Crippen molar-refractivity contribution in [3.05, 3.63) is 35.7 Å². The predicted molar refractivity (Wildman–Crippen MR) is 93.3 cm³/mol. The van der Waals surface area contributed by atoms with Crippen molar-refractivity contribution in [2.24, 2.45) is 0 Å². The number of methoxy groups -OCH3 is 2. The fraction of sp³-hybridized carbons (Fsp3) is 0.500. The second-order valence-electron chi connectivity index (χ2n) is 6.20. The summed E-state index contributed by atoms with van der Waals surface area (Å²) < 4.78 is 10.7. The Labute approximate surface area is 147 Å². The van der Waals surface area contributed by atoms with Crippen molar-refractivity contribution >= 4 is 5.91 Å². The van der Waals surface area contributed by atoms with Crippen LogP contribution in [0.1, 0.15) is 29.5 Å². The number of aryl methyl sites for hydroxylation is 1. The van der Waals surface area contributed by atoms with Gasteiger partial charge in [-0.15, -0.1) is 0 Å². The normalized spacial score (nSPS) is 20.2. The minimum absolute atomic E-state index is 0.00242. The molecule has 0 radical (unpaired) electrons. The van der Waals surface area contributed by atoms with E-state index < -0.39 is 0 Å². The zero-order chi connectivity index (χ0) is 17.8. The second-order valence-corrected chi connectivity index (χ2v) is 6.20. The van der Waals surface area contributed by atoms with Gasteiger partial charge in [0, 0.05) is 38.3 Å². The quantitative estimate of drug-likeness (QED) is 0.866. The topological polar surface area (TPSA) is 80.3 Å². The number of aromatic amines is 1. The number of carbonyl (C=O) groups excluding carboxylic acids is 1. The lowest BCUT2D eigenvalue weighted by Crippen LogP contribution is -2.38. The number of ether oxygens (including phenoxy) is 2. The number of carbonyl (C=O) groups is 1. The summed E-state index contributed by atoms with van der Waals surface area (Å²) >= 11 is 0. The molecule has 1 amide bonds. The first-order valence-electron chi connectivity index (χ1n) is 8.50. The molecule has 134 valence electrons. The van der Waals surface area contributed by atoms with Crippen LogP contribution in [0.2, 0.25) is 0 Å². The van der Waals surface area contributed by atoms with E-state index in [1.807, 2.05) is 36.1 Å². The number of nitrogens with one attached hydrogen (secondary N) is 1. The highest BCUT2D eigenvalue weighted by Crippen LogP contribution is 2.24. The molecule has 2 heterocycles. The third-order valence-electron chi connectivity index (χ3n) is 4.59. The number of amides is 1. The van der Waals surface area contributed by atoms with Crippen molar-refractivity contribution < 1.29 is 14.3 Å². The molecule has 1 aliphatic rings. The number of likely N-dealkylation sites (tertiary alicyclic amines) is 1. The average Bonchev–Trinajstić information content (AvgIpc) is 3.28. The van der Waals surface area contributed by atoms with Crippen LogP contribution in [-0.2, 0) is 15.9 Å². The highest BCUT2D eigenvalue weighted by atomic mass is 16.5. The Morgan fingerprint density at radius 3 is 2.68 bits per heavy atom. The minimum Gasteiger partial charge on any atom is -0.383 e. The first kappa shape index (κ1) is 17.6. The maximum absolute atomic E-state index is 12.9. The van der Waals surface area contributed by atoms with Crippen LogP contribution in [0, 0.1) is 0 Å². The van der Waals surface area contributed by atoms with Crippen LogP contribution in [0.4, 0.5) is 0 Å². The van der Waals surface area contributed by atoms with E-state index in [1.165, 1.54) is 0 Å². The lowest BCUT2D eigenvalue weighted by Gasteiger charge is -2.23. The third kappa shape index (κ3) is 3.72. The number of rotatable bonds is 6. The summed E-state index contributed by atoms with van der Waals surface area (Å²) in [5.41, 5.74) is 1.53. The summed E-state index contributed by atoms with van der Waals surface area (Å²) in [4.78, 5) is 19.1. The van der Waals surface area contributed by atoms with E-state index in [9.17, 15) is 4.79 Å². The Morgan fingerprint density at radius 1 is 1.32 bits per heavy atom. The predicted octanol–water partition coefficient (Wildman–Crippen LogP) is 1.91. The smallest absolute Gasteiger partial charge is 0.254 e. The van der Waals surface area contributed by atoms with Gasteiger partial charge in [-0.25, -0.2) is 4.98 Å². The van der Waals surface area contributed by atoms with E-state index >= 15 is 0 Å². The van der Waals surface area contributed by atoms with E-state index in [0.717, 1.165) is 24.2 Å². The van der Waals surface area contributed by atoms with Crippen LogP contribution in [0.5, 0.6) is 0 Å². The van der Waals surface area contributed by atoms with E-state index in [2.05, 4.69) is 15.2 Å². The van der Waals surface area contributed by atoms with Crippen LogP contribution < -0.4 is 0 Å². The molecule has 1 saturated heterocycles. The first-order valence-corrected chi connectivity index (χ1v) is 8.50. The van der Waals surface area contributed by atoms with Gasteiger partial charge < -0.3 is 14.4 Å². The van der Waals surface area contributed by atoms with Gasteiger partial charge in [0.15, 0.2) is 5.82 Å². The molecule has 1 fully saturated rings. The van der Waals surface area contributed by atoms with Gasteiger partial charge in [-0.05, 0) is 18.6 Å². The van der Waals surface area contributed by atoms with E-state index in [1.54, 1.807) is 14.2 Å². The molecular weight excluding hydrogens is 320 g/mol. The average molecular weight is 344 g/mol. The maximum Gasteiger partial charge on any atom is 0.254 e. The molecule has 2 atom stereocenters. The van der Waals surface area contributed by atoms with Gasteiger partial charge in [0.05, 0.1) is 18.8 Å². The molecule has 1 aromatic carbocycles. The minimum atomic E-state index is -0.00242. The van der Waals surface area contributed by atoms with Crippen molar-refractivity contribution in [1.82, 2.24) is 20.1 Å². The highest BCUT2D eigenvalue weighted by Gasteiger charge is 2.35. The van der Waals surface area contributed by atoms with Crippen molar-refractivity contribution in [3.8, 4) is 11.4 Å². The largest absolute Gasteiger partial charge is 0.383 e. The van der Waals surface area contributed by atoms with Crippen molar-refractivity contribution in [3.63, 3.8) is 0 Å². The molecule has 25 heavy (non-hydrogen) atoms. The molecule has 0 saturated carbocycles. The maximum atomic E-state index is 12.9. The number of hydrogen-bond acceptors (Lipinski definition) is 5. The van der Waals surface area contributed by atoms with Gasteiger partial charge in [-0.2, -0.15) is 5.10 Å². The first-order chi connectivity index (χ1) is 12.2. The summed E-state index contributed by atoms with van der Waals surface area (Å²) in [6, 6.07) is 7.45. The standard InChI is InChI=1S/C18H24N4O3/c1-4-16-19-17(21-20-16)12-5-7-13(8-6-12)18(23)22-10-15(25-3)9-14(22)11-24-2/h5-8,14-15H,4,9-11H2,1-3H3,(H,19,20,21)/t14-,15-/m0/s1. The Bertz CT molecular complexity index is 713. The fourth-order valence-electron chi connectivity index (χ4n) is 3.15. The number of aromatic nitrogens is 3. The Kier molecular flexibility index (Phi) is 5.45. The number of hydrogen-bond donors (Lipinski definition) is 1. The van der Waals surface area contributed by atoms with E-state index in [-0.39, 0.29) is 18.1 Å². The van der Waals surface area contributed by atoms with Crippen LogP contribution in [-0.4, -0.2) is 65.5 Å². The molecule has 7 nitrogen and oxygen atoms in total. The monoisotopic (exact) mass is 344 g/mol. The van der Waals surface area contributed by atoms with Crippen molar-refractivity contribution in [2.75, 3.05) is 27.4 Å². The molecular formula is C18H24N4O3. The zero-order valence-corrected chi connectivity index (χ0v) is 14.9. The Morgan fingerprint density at radius 2 is 2.08 bits per heavy atom. The van der Waals surface area contributed by atoms with Crippen LogP contribution in [0.3, 0.4) is 0 Å². The van der Waals surface area contributed by atoms with Gasteiger partial charge in [0.2, 0.25) is 0 Å². The molecule has 3 rings (SSSR count). The fourth-order valence-corrected chi connectivity index (χ4v) is 3.15. The number of nitrogens with zero attached hydrogens (tertiary/aromatic N) is 3. The van der Waals surface area contributed by atoms with Gasteiger partial charge in [-0.1, -0.05) is 19.1 Å². The molecule has 0 aliphatic carbocycles. The van der Waals surface area contributed by atoms with Gasteiger partial charge in [0.1, 0.15) is 5.82 Å². The summed E-state index contributed by atoms with van der Waals surface area (Å²) in [6.45, 7) is 3.12. The van der Waals surface area contributed by atoms with Crippen molar-refractivity contribution in [1.29, 1.82) is 0 Å². The summed E-state index contributed by atoms with van der Waals surface area (Å²) in [6.07, 6.45) is 1.66. The van der Waals surface area contributed by atoms with Crippen LogP contribution in [0.15, 0.2) is 24.3 Å². The number of H-pyrrole nitrogens is 1. The molecule has 1 aliphatic heterocycles. The van der Waals surface area contributed by atoms with Crippen LogP contribution >= 0.6 is 0 Å². The molecule has 0 bridgehead atoms. The highest BCUT2D eigenvalue weighted by molar-refractivity contribution is 5.95. The van der Waals surface area contributed by atoms with Gasteiger partial charge in [-0.3, -0.25) is 9.89 Å². The number of benzene rings is 1. The van der Waals surface area contributed by atoms with Crippen molar-refractivity contribution in [2.45, 2.75) is 31.9 Å². The molecule has 2 aromatic rings.